The Kier molecular flexibility index (Phi) is 5.69. The van der Waals surface area contributed by atoms with Crippen molar-refractivity contribution in [1.82, 2.24) is 4.90 Å². The van der Waals surface area contributed by atoms with Gasteiger partial charge in [-0.2, -0.15) is 0 Å². The van der Waals surface area contributed by atoms with Crippen LogP contribution in [0.5, 0.6) is 5.75 Å². The number of rotatable bonds is 4. The first kappa shape index (κ1) is 21.2. The molecule has 2 fully saturated rings. The number of hydrogen-bond donors (Lipinski definition) is 1. The van der Waals surface area contributed by atoms with Gasteiger partial charge < -0.3 is 14.6 Å². The summed E-state index contributed by atoms with van der Waals surface area (Å²) in [6.45, 7) is 2.19. The molecule has 2 aromatic carbocycles. The Morgan fingerprint density at radius 3 is 2.65 bits per heavy atom. The third kappa shape index (κ3) is 3.96. The van der Waals surface area contributed by atoms with E-state index >= 15 is 0 Å². The van der Waals surface area contributed by atoms with Gasteiger partial charge in [0.05, 0.1) is 29.4 Å². The van der Waals surface area contributed by atoms with Crippen molar-refractivity contribution < 1.29 is 19.4 Å². The summed E-state index contributed by atoms with van der Waals surface area (Å²) in [7, 11) is 0. The standard InChI is InChI=1S/C22H21Cl3N2O4/c23-12-7-16-15(18(25)8-12)10-19(26-4-3-14(28)11-26)21(16)31-20-9-13(1-2-17(20)24)27-5-6-30-22(27)29/h1-2,7-9,14,19,21,28H,3-6,10-11H2/t14-,19-,21+/m1/s1. The molecule has 2 saturated heterocycles. The predicted molar refractivity (Wildman–Crippen MR) is 120 cm³/mol. The number of benzene rings is 2. The zero-order valence-corrected chi connectivity index (χ0v) is 18.8. The quantitative estimate of drug-likeness (QED) is 0.682. The van der Waals surface area contributed by atoms with Crippen LogP contribution < -0.4 is 9.64 Å². The zero-order valence-electron chi connectivity index (χ0n) is 16.6. The molecule has 0 radical (unpaired) electrons. The van der Waals surface area contributed by atoms with Crippen LogP contribution in [0.3, 0.4) is 0 Å². The molecule has 31 heavy (non-hydrogen) atoms. The van der Waals surface area contributed by atoms with Gasteiger partial charge in [0.1, 0.15) is 18.5 Å². The van der Waals surface area contributed by atoms with E-state index in [4.69, 9.17) is 44.3 Å². The van der Waals surface area contributed by atoms with Crippen molar-refractivity contribution in [3.8, 4) is 5.75 Å². The van der Waals surface area contributed by atoms with E-state index < -0.39 is 0 Å². The van der Waals surface area contributed by atoms with E-state index in [1.807, 2.05) is 6.07 Å². The molecule has 6 nitrogen and oxygen atoms in total. The average Bonchev–Trinajstić information content (AvgIpc) is 3.43. The number of amides is 1. The molecule has 9 heteroatoms. The molecule has 0 bridgehead atoms. The highest BCUT2D eigenvalue weighted by molar-refractivity contribution is 6.35. The van der Waals surface area contributed by atoms with E-state index in [9.17, 15) is 9.90 Å². The Hall–Kier alpha value is -1.70. The van der Waals surface area contributed by atoms with Gasteiger partial charge in [0.25, 0.3) is 0 Å². The minimum Gasteiger partial charge on any atom is -0.482 e. The third-order valence-electron chi connectivity index (χ3n) is 6.17. The first-order chi connectivity index (χ1) is 14.9. The Bertz CT molecular complexity index is 1030. The summed E-state index contributed by atoms with van der Waals surface area (Å²) in [5.41, 5.74) is 2.58. The number of cyclic esters (lactones) is 1. The normalized spacial score (nSPS) is 25.7. The minimum absolute atomic E-state index is 0.0143. The van der Waals surface area contributed by atoms with Crippen LogP contribution in [0.25, 0.3) is 0 Å². The van der Waals surface area contributed by atoms with Crippen molar-refractivity contribution in [3.05, 3.63) is 56.5 Å². The highest BCUT2D eigenvalue weighted by Crippen LogP contribution is 2.45. The van der Waals surface area contributed by atoms with Gasteiger partial charge in [-0.25, -0.2) is 4.79 Å². The second kappa shape index (κ2) is 8.34. The third-order valence-corrected chi connectivity index (χ3v) is 7.04. The van der Waals surface area contributed by atoms with Crippen LogP contribution in [-0.4, -0.2) is 54.5 Å². The van der Waals surface area contributed by atoms with Gasteiger partial charge in [-0.05, 0) is 42.7 Å². The molecule has 0 spiro atoms. The molecule has 3 atom stereocenters. The predicted octanol–water partition coefficient (Wildman–Crippen LogP) is 4.71. The van der Waals surface area contributed by atoms with Gasteiger partial charge in [0.2, 0.25) is 0 Å². The SMILES string of the molecule is O=C1OCCN1c1ccc(Cl)c(O[C@H]2c3cc(Cl)cc(Cl)c3C[C@H]2N2CC[C@@H](O)C2)c1. The van der Waals surface area contributed by atoms with E-state index in [0.29, 0.717) is 52.6 Å². The number of carbonyl (C=O) groups excluding carboxylic acids is 1. The highest BCUT2D eigenvalue weighted by Gasteiger charge is 2.42. The number of ether oxygens (including phenoxy) is 2. The molecule has 1 amide bonds. The molecule has 0 aromatic heterocycles. The second-order valence-corrected chi connectivity index (χ2v) is 9.33. The fraction of sp³-hybridized carbons (Fsp3) is 0.409. The van der Waals surface area contributed by atoms with Gasteiger partial charge in [0.15, 0.2) is 0 Å². The minimum atomic E-state index is -0.387. The molecule has 164 valence electrons. The van der Waals surface area contributed by atoms with Gasteiger partial charge in [-0.1, -0.05) is 34.8 Å². The highest BCUT2D eigenvalue weighted by atomic mass is 35.5. The summed E-state index contributed by atoms with van der Waals surface area (Å²) in [5, 5.41) is 11.7. The maximum absolute atomic E-state index is 12.0. The molecule has 5 rings (SSSR count). The maximum Gasteiger partial charge on any atom is 0.414 e. The molecule has 2 aromatic rings. The monoisotopic (exact) mass is 482 g/mol. The second-order valence-electron chi connectivity index (χ2n) is 8.08. The molecule has 1 aliphatic carbocycles. The summed E-state index contributed by atoms with van der Waals surface area (Å²) in [5.74, 6) is 0.470. The van der Waals surface area contributed by atoms with E-state index in [1.165, 1.54) is 0 Å². The smallest absolute Gasteiger partial charge is 0.414 e. The first-order valence-electron chi connectivity index (χ1n) is 10.2. The number of aliphatic hydroxyl groups excluding tert-OH is 1. The number of fused-ring (bicyclic) bond motifs is 1. The Balaban J connectivity index is 1.51. The summed E-state index contributed by atoms with van der Waals surface area (Å²) < 4.78 is 11.5. The number of anilines is 1. The number of halogens is 3. The number of nitrogens with zero attached hydrogens (tertiary/aromatic N) is 2. The van der Waals surface area contributed by atoms with Crippen LogP contribution in [0, 0.1) is 0 Å². The van der Waals surface area contributed by atoms with E-state index in [2.05, 4.69) is 4.90 Å². The lowest BCUT2D eigenvalue weighted by Gasteiger charge is -2.30. The van der Waals surface area contributed by atoms with Crippen molar-refractivity contribution in [2.24, 2.45) is 0 Å². The van der Waals surface area contributed by atoms with Gasteiger partial charge in [0, 0.05) is 34.8 Å². The van der Waals surface area contributed by atoms with Crippen molar-refractivity contribution in [3.63, 3.8) is 0 Å². The number of likely N-dealkylation sites (tertiary alicyclic amines) is 1. The molecule has 2 heterocycles. The molecular weight excluding hydrogens is 463 g/mol. The average molecular weight is 484 g/mol. The molecular formula is C22H21Cl3N2O4. The molecule has 2 aliphatic heterocycles. The van der Waals surface area contributed by atoms with Gasteiger partial charge in [-0.3, -0.25) is 9.80 Å². The maximum atomic E-state index is 12.0. The summed E-state index contributed by atoms with van der Waals surface area (Å²) in [6.07, 6.45) is 0.313. The van der Waals surface area contributed by atoms with E-state index in [-0.39, 0.29) is 24.3 Å². The lowest BCUT2D eigenvalue weighted by Crippen LogP contribution is -2.39. The fourth-order valence-electron chi connectivity index (χ4n) is 4.66. The van der Waals surface area contributed by atoms with E-state index in [0.717, 1.165) is 24.1 Å². The van der Waals surface area contributed by atoms with Crippen LogP contribution in [0.1, 0.15) is 23.7 Å². The molecule has 0 unspecified atom stereocenters. The van der Waals surface area contributed by atoms with Gasteiger partial charge in [-0.15, -0.1) is 0 Å². The van der Waals surface area contributed by atoms with E-state index in [1.54, 1.807) is 29.2 Å². The first-order valence-corrected chi connectivity index (χ1v) is 11.3. The number of hydrogen-bond acceptors (Lipinski definition) is 5. The van der Waals surface area contributed by atoms with Crippen LogP contribution in [-0.2, 0) is 11.2 Å². The van der Waals surface area contributed by atoms with Crippen LogP contribution >= 0.6 is 34.8 Å². The number of carbonyl (C=O) groups is 1. The Labute approximate surface area is 195 Å². The van der Waals surface area contributed by atoms with Crippen LogP contribution in [0.15, 0.2) is 30.3 Å². The summed E-state index contributed by atoms with van der Waals surface area (Å²) in [4.78, 5) is 15.8. The lowest BCUT2D eigenvalue weighted by atomic mass is 10.1. The summed E-state index contributed by atoms with van der Waals surface area (Å²) >= 11 is 19.3. The van der Waals surface area contributed by atoms with Crippen LogP contribution in [0.4, 0.5) is 10.5 Å². The topological polar surface area (TPSA) is 62.2 Å². The zero-order chi connectivity index (χ0) is 21.7. The fourth-order valence-corrected chi connectivity index (χ4v) is 5.41. The Morgan fingerprint density at radius 2 is 1.94 bits per heavy atom. The van der Waals surface area contributed by atoms with Crippen LogP contribution in [0.2, 0.25) is 15.1 Å². The van der Waals surface area contributed by atoms with Gasteiger partial charge >= 0.3 is 6.09 Å². The molecule has 1 N–H and O–H groups in total. The number of aliphatic hydroxyl groups is 1. The number of β-amino-alcohol motifs (C(OH)–C–C–N with tert-alkyl or cyclic N) is 1. The van der Waals surface area contributed by atoms with Crippen molar-refractivity contribution >= 4 is 46.6 Å². The molecule has 0 saturated carbocycles. The Morgan fingerprint density at radius 1 is 1.10 bits per heavy atom. The van der Waals surface area contributed by atoms with Crippen molar-refractivity contribution in [1.29, 1.82) is 0 Å². The molecule has 3 aliphatic rings. The largest absolute Gasteiger partial charge is 0.482 e. The van der Waals surface area contributed by atoms with Crippen molar-refractivity contribution in [2.45, 2.75) is 31.1 Å². The summed E-state index contributed by atoms with van der Waals surface area (Å²) in [6, 6.07) is 8.86. The lowest BCUT2D eigenvalue weighted by molar-refractivity contribution is 0.0819. The van der Waals surface area contributed by atoms with Crippen molar-refractivity contribution in [2.75, 3.05) is 31.1 Å².